The number of thiazole rings is 1. The van der Waals surface area contributed by atoms with Gasteiger partial charge in [-0.05, 0) is 52.3 Å². The van der Waals surface area contributed by atoms with Crippen molar-refractivity contribution in [3.63, 3.8) is 0 Å². The van der Waals surface area contributed by atoms with Crippen LogP contribution in [0.3, 0.4) is 0 Å². The standard InChI is InChI=1S/C23H27N3O5S/c1-14-20(21(27)25-15-7-9-26(12-15)22(28)31-23(2,3)4)17-11-16(5-6-18(17)30-14)29-13-19-24-8-10-32-19/h5-6,8,10-11,15H,7,9,12-13H2,1-4H3,(H,25,27)/t15-/m1/s1. The third kappa shape index (κ3) is 5.04. The van der Waals surface area contributed by atoms with Gasteiger partial charge in [-0.15, -0.1) is 11.3 Å². The molecule has 0 spiro atoms. The van der Waals surface area contributed by atoms with Crippen molar-refractivity contribution in [3.05, 3.63) is 46.1 Å². The number of aromatic nitrogens is 1. The maximum absolute atomic E-state index is 13.1. The Labute approximate surface area is 190 Å². The normalized spacial score (nSPS) is 16.4. The van der Waals surface area contributed by atoms with Gasteiger partial charge in [0.2, 0.25) is 0 Å². The smallest absolute Gasteiger partial charge is 0.410 e. The van der Waals surface area contributed by atoms with Gasteiger partial charge in [0.1, 0.15) is 34.3 Å². The highest BCUT2D eigenvalue weighted by atomic mass is 32.1. The van der Waals surface area contributed by atoms with E-state index in [0.29, 0.717) is 54.2 Å². The number of likely N-dealkylation sites (tertiary alicyclic amines) is 1. The summed E-state index contributed by atoms with van der Waals surface area (Å²) < 4.78 is 17.1. The molecule has 1 saturated heterocycles. The molecule has 170 valence electrons. The molecule has 8 nitrogen and oxygen atoms in total. The Hall–Kier alpha value is -3.07. The van der Waals surface area contributed by atoms with Crippen molar-refractivity contribution < 1.29 is 23.5 Å². The molecule has 1 aliphatic heterocycles. The van der Waals surface area contributed by atoms with Crippen LogP contribution in [0.4, 0.5) is 4.79 Å². The Bertz CT molecular complexity index is 1120. The van der Waals surface area contributed by atoms with Crippen LogP contribution >= 0.6 is 11.3 Å². The zero-order valence-electron chi connectivity index (χ0n) is 18.6. The Balaban J connectivity index is 1.44. The molecule has 0 saturated carbocycles. The molecule has 3 heterocycles. The fourth-order valence-electron chi connectivity index (χ4n) is 3.67. The number of benzene rings is 1. The number of carbonyl (C=O) groups is 2. The fourth-order valence-corrected chi connectivity index (χ4v) is 4.20. The van der Waals surface area contributed by atoms with Crippen LogP contribution in [0.15, 0.2) is 34.2 Å². The number of hydrogen-bond acceptors (Lipinski definition) is 7. The van der Waals surface area contributed by atoms with Crippen LogP contribution in [0.2, 0.25) is 0 Å². The summed E-state index contributed by atoms with van der Waals surface area (Å²) in [6, 6.07) is 5.28. The number of hydrogen-bond donors (Lipinski definition) is 1. The van der Waals surface area contributed by atoms with Crippen LogP contribution in [0.5, 0.6) is 5.75 Å². The van der Waals surface area contributed by atoms with E-state index < -0.39 is 5.60 Å². The number of amides is 2. The number of furan rings is 1. The first-order chi connectivity index (χ1) is 15.2. The Morgan fingerprint density at radius 3 is 2.88 bits per heavy atom. The van der Waals surface area contributed by atoms with Crippen LogP contribution in [0.25, 0.3) is 11.0 Å². The van der Waals surface area contributed by atoms with E-state index >= 15 is 0 Å². The maximum atomic E-state index is 13.1. The van der Waals surface area contributed by atoms with Crippen LogP contribution in [0, 0.1) is 6.92 Å². The quantitative estimate of drug-likeness (QED) is 0.606. The predicted molar refractivity (Wildman–Crippen MR) is 121 cm³/mol. The first-order valence-electron chi connectivity index (χ1n) is 10.5. The van der Waals surface area contributed by atoms with Gasteiger partial charge in [-0.3, -0.25) is 4.79 Å². The molecule has 1 N–H and O–H groups in total. The molecular weight excluding hydrogens is 430 g/mol. The molecule has 0 radical (unpaired) electrons. The van der Waals surface area contributed by atoms with E-state index in [2.05, 4.69) is 10.3 Å². The zero-order valence-corrected chi connectivity index (χ0v) is 19.5. The second-order valence-corrected chi connectivity index (χ2v) is 9.77. The first-order valence-corrected chi connectivity index (χ1v) is 11.4. The van der Waals surface area contributed by atoms with Gasteiger partial charge >= 0.3 is 6.09 Å². The maximum Gasteiger partial charge on any atom is 0.410 e. The highest BCUT2D eigenvalue weighted by Gasteiger charge is 2.31. The third-order valence-electron chi connectivity index (χ3n) is 5.08. The van der Waals surface area contributed by atoms with Gasteiger partial charge in [-0.25, -0.2) is 9.78 Å². The lowest BCUT2D eigenvalue weighted by atomic mass is 10.1. The van der Waals surface area contributed by atoms with Gasteiger partial charge in [0, 0.05) is 36.1 Å². The molecule has 1 fully saturated rings. The summed E-state index contributed by atoms with van der Waals surface area (Å²) in [6.45, 7) is 8.60. The highest BCUT2D eigenvalue weighted by Crippen LogP contribution is 2.30. The van der Waals surface area contributed by atoms with Gasteiger partial charge in [0.25, 0.3) is 5.91 Å². The largest absolute Gasteiger partial charge is 0.486 e. The molecule has 3 aromatic rings. The number of ether oxygens (including phenoxy) is 2. The monoisotopic (exact) mass is 457 g/mol. The number of fused-ring (bicyclic) bond motifs is 1. The van der Waals surface area contributed by atoms with E-state index in [0.717, 1.165) is 5.01 Å². The van der Waals surface area contributed by atoms with Gasteiger partial charge in [0.15, 0.2) is 0 Å². The average molecular weight is 458 g/mol. The molecule has 4 rings (SSSR count). The van der Waals surface area contributed by atoms with Crippen molar-refractivity contribution in [2.24, 2.45) is 0 Å². The second-order valence-electron chi connectivity index (χ2n) is 8.79. The zero-order chi connectivity index (χ0) is 22.9. The Morgan fingerprint density at radius 1 is 1.34 bits per heavy atom. The molecule has 1 atom stereocenters. The summed E-state index contributed by atoms with van der Waals surface area (Å²) in [7, 11) is 0. The van der Waals surface area contributed by atoms with Crippen molar-refractivity contribution in [2.45, 2.75) is 52.4 Å². The van der Waals surface area contributed by atoms with Crippen molar-refractivity contribution in [2.75, 3.05) is 13.1 Å². The van der Waals surface area contributed by atoms with Crippen molar-refractivity contribution in [3.8, 4) is 5.75 Å². The fraction of sp³-hybridized carbons (Fsp3) is 0.435. The minimum Gasteiger partial charge on any atom is -0.486 e. The van der Waals surface area contributed by atoms with Crippen LogP contribution < -0.4 is 10.1 Å². The van der Waals surface area contributed by atoms with E-state index in [-0.39, 0.29) is 18.0 Å². The van der Waals surface area contributed by atoms with Gasteiger partial charge in [-0.2, -0.15) is 0 Å². The van der Waals surface area contributed by atoms with E-state index in [1.807, 2.05) is 38.3 Å². The number of nitrogens with zero attached hydrogens (tertiary/aromatic N) is 2. The van der Waals surface area contributed by atoms with Crippen LogP contribution in [-0.4, -0.2) is 46.6 Å². The minimum absolute atomic E-state index is 0.149. The summed E-state index contributed by atoms with van der Waals surface area (Å²) in [5.74, 6) is 0.949. The van der Waals surface area contributed by atoms with Gasteiger partial charge in [-0.1, -0.05) is 0 Å². The van der Waals surface area contributed by atoms with Crippen molar-refractivity contribution in [1.29, 1.82) is 0 Å². The van der Waals surface area contributed by atoms with Crippen LogP contribution in [0.1, 0.15) is 48.3 Å². The van der Waals surface area contributed by atoms with Crippen molar-refractivity contribution in [1.82, 2.24) is 15.2 Å². The molecule has 1 aromatic carbocycles. The molecule has 9 heteroatoms. The molecule has 0 unspecified atom stereocenters. The number of carbonyl (C=O) groups excluding carboxylic acids is 2. The van der Waals surface area contributed by atoms with Crippen LogP contribution in [-0.2, 0) is 11.3 Å². The van der Waals surface area contributed by atoms with E-state index in [9.17, 15) is 9.59 Å². The average Bonchev–Trinajstić information content (AvgIpc) is 3.44. The Kier molecular flexibility index (Phi) is 6.10. The highest BCUT2D eigenvalue weighted by molar-refractivity contribution is 7.09. The second kappa shape index (κ2) is 8.82. The summed E-state index contributed by atoms with van der Waals surface area (Å²) >= 11 is 1.52. The van der Waals surface area contributed by atoms with Gasteiger partial charge in [0.05, 0.1) is 5.56 Å². The van der Waals surface area contributed by atoms with E-state index in [4.69, 9.17) is 13.9 Å². The first kappa shape index (κ1) is 22.1. The lowest BCUT2D eigenvalue weighted by Gasteiger charge is -2.24. The van der Waals surface area contributed by atoms with E-state index in [1.54, 1.807) is 24.1 Å². The molecule has 2 aromatic heterocycles. The minimum atomic E-state index is -0.551. The third-order valence-corrected chi connectivity index (χ3v) is 5.84. The lowest BCUT2D eigenvalue weighted by molar-refractivity contribution is 0.0290. The van der Waals surface area contributed by atoms with E-state index in [1.165, 1.54) is 11.3 Å². The summed E-state index contributed by atoms with van der Waals surface area (Å²) in [5.41, 5.74) is 0.552. The molecule has 0 aliphatic carbocycles. The molecule has 32 heavy (non-hydrogen) atoms. The molecular formula is C23H27N3O5S. The summed E-state index contributed by atoms with van der Waals surface area (Å²) in [5, 5.41) is 6.51. The predicted octanol–water partition coefficient (Wildman–Crippen LogP) is 4.52. The molecule has 1 aliphatic rings. The molecule has 2 amide bonds. The number of aryl methyl sites for hydroxylation is 1. The molecule has 0 bridgehead atoms. The van der Waals surface area contributed by atoms with Crippen molar-refractivity contribution >= 4 is 34.3 Å². The lowest BCUT2D eigenvalue weighted by Crippen LogP contribution is -2.40. The number of nitrogens with one attached hydrogen (secondary N) is 1. The van der Waals surface area contributed by atoms with Gasteiger partial charge < -0.3 is 24.1 Å². The Morgan fingerprint density at radius 2 is 2.16 bits per heavy atom. The SMILES string of the molecule is Cc1oc2ccc(OCc3nccs3)cc2c1C(=O)N[C@@H]1CCN(C(=O)OC(C)(C)C)C1. The number of rotatable bonds is 5. The topological polar surface area (TPSA) is 93.9 Å². The summed E-state index contributed by atoms with van der Waals surface area (Å²) in [4.78, 5) is 31.2. The summed E-state index contributed by atoms with van der Waals surface area (Å²) in [6.07, 6.45) is 2.05.